The molecule has 1 unspecified atom stereocenters. The van der Waals surface area contributed by atoms with Crippen molar-refractivity contribution in [3.63, 3.8) is 0 Å². The molecule has 1 heterocycles. The van der Waals surface area contributed by atoms with Gasteiger partial charge in [-0.2, -0.15) is 0 Å². The van der Waals surface area contributed by atoms with E-state index in [4.69, 9.17) is 5.73 Å². The zero-order chi connectivity index (χ0) is 12.8. The first-order valence-corrected chi connectivity index (χ1v) is 5.63. The summed E-state index contributed by atoms with van der Waals surface area (Å²) in [6.07, 6.45) is 4.43. The van der Waals surface area contributed by atoms with Crippen LogP contribution < -0.4 is 11.1 Å². The van der Waals surface area contributed by atoms with Gasteiger partial charge in [-0.05, 0) is 5.56 Å². The monoisotopic (exact) mass is 242 g/mol. The molecule has 18 heavy (non-hydrogen) atoms. The fourth-order valence-electron chi connectivity index (χ4n) is 1.61. The van der Waals surface area contributed by atoms with Gasteiger partial charge < -0.3 is 11.1 Å². The van der Waals surface area contributed by atoms with E-state index < -0.39 is 0 Å². The predicted octanol–water partition coefficient (Wildman–Crippen LogP) is 0.906. The summed E-state index contributed by atoms with van der Waals surface area (Å²) in [6.45, 7) is 0.329. The Morgan fingerprint density at radius 1 is 1.28 bits per heavy atom. The Bertz CT molecular complexity index is 501. The topological polar surface area (TPSA) is 80.9 Å². The number of rotatable bonds is 4. The lowest BCUT2D eigenvalue weighted by atomic mass is 10.1. The molecule has 92 valence electrons. The Kier molecular flexibility index (Phi) is 3.98. The number of hydrogen-bond acceptors (Lipinski definition) is 4. The van der Waals surface area contributed by atoms with Gasteiger partial charge in [-0.15, -0.1) is 0 Å². The highest BCUT2D eigenvalue weighted by molar-refractivity contribution is 5.92. The molecule has 1 aromatic heterocycles. The molecule has 0 fully saturated rings. The average Bonchev–Trinajstić information content (AvgIpc) is 2.46. The average molecular weight is 242 g/mol. The first kappa shape index (κ1) is 12.2. The molecule has 3 N–H and O–H groups in total. The molecule has 2 aromatic rings. The number of hydrogen-bond donors (Lipinski definition) is 2. The van der Waals surface area contributed by atoms with Crippen LogP contribution in [0.5, 0.6) is 0 Å². The van der Waals surface area contributed by atoms with Crippen molar-refractivity contribution in [2.45, 2.75) is 6.04 Å². The van der Waals surface area contributed by atoms with Crippen LogP contribution in [0.3, 0.4) is 0 Å². The van der Waals surface area contributed by atoms with Crippen molar-refractivity contribution in [1.29, 1.82) is 0 Å². The van der Waals surface area contributed by atoms with Crippen molar-refractivity contribution in [2.24, 2.45) is 5.73 Å². The van der Waals surface area contributed by atoms with E-state index in [9.17, 15) is 4.79 Å². The van der Waals surface area contributed by atoms with Gasteiger partial charge in [0.25, 0.3) is 5.91 Å². The molecule has 0 aliphatic rings. The van der Waals surface area contributed by atoms with E-state index in [1.54, 1.807) is 0 Å². The van der Waals surface area contributed by atoms with Gasteiger partial charge >= 0.3 is 0 Å². The molecule has 5 nitrogen and oxygen atoms in total. The molecule has 0 bridgehead atoms. The molecule has 5 heteroatoms. The number of nitrogens with zero attached hydrogens (tertiary/aromatic N) is 2. The third-order valence-corrected chi connectivity index (χ3v) is 2.54. The largest absolute Gasteiger partial charge is 0.343 e. The van der Waals surface area contributed by atoms with Crippen LogP contribution in [0.25, 0.3) is 0 Å². The van der Waals surface area contributed by atoms with Crippen LogP contribution >= 0.6 is 0 Å². The summed E-state index contributed by atoms with van der Waals surface area (Å²) in [5, 5.41) is 2.83. The van der Waals surface area contributed by atoms with Crippen molar-refractivity contribution >= 4 is 5.91 Å². The Balaban J connectivity index is 2.10. The number of carbonyl (C=O) groups is 1. The predicted molar refractivity (Wildman–Crippen MR) is 67.7 cm³/mol. The highest BCUT2D eigenvalue weighted by Gasteiger charge is 2.14. The van der Waals surface area contributed by atoms with E-state index >= 15 is 0 Å². The lowest BCUT2D eigenvalue weighted by molar-refractivity contribution is 0.0932. The van der Waals surface area contributed by atoms with E-state index in [1.807, 2.05) is 30.3 Å². The number of benzene rings is 1. The first-order chi connectivity index (χ1) is 8.81. The van der Waals surface area contributed by atoms with Crippen LogP contribution in [0.2, 0.25) is 0 Å². The fraction of sp³-hybridized carbons (Fsp3) is 0.154. The SMILES string of the molecule is NCC(NC(=O)c1cnccn1)c1ccccc1. The second-order valence-electron chi connectivity index (χ2n) is 3.76. The summed E-state index contributed by atoms with van der Waals surface area (Å²) < 4.78 is 0. The Labute approximate surface area is 105 Å². The molecule has 0 saturated heterocycles. The molecule has 0 saturated carbocycles. The van der Waals surface area contributed by atoms with Crippen molar-refractivity contribution in [1.82, 2.24) is 15.3 Å². The van der Waals surface area contributed by atoms with Gasteiger partial charge in [0.05, 0.1) is 12.2 Å². The third-order valence-electron chi connectivity index (χ3n) is 2.54. The maximum absolute atomic E-state index is 11.9. The van der Waals surface area contributed by atoms with Crippen LogP contribution in [-0.4, -0.2) is 22.4 Å². The van der Waals surface area contributed by atoms with E-state index in [0.717, 1.165) is 5.56 Å². The summed E-state index contributed by atoms with van der Waals surface area (Å²) in [7, 11) is 0. The van der Waals surface area contributed by atoms with E-state index in [2.05, 4.69) is 15.3 Å². The van der Waals surface area contributed by atoms with E-state index in [-0.39, 0.29) is 17.6 Å². The summed E-state index contributed by atoms with van der Waals surface area (Å²) in [5.74, 6) is -0.276. The van der Waals surface area contributed by atoms with Crippen molar-refractivity contribution in [3.05, 3.63) is 60.2 Å². The maximum Gasteiger partial charge on any atom is 0.272 e. The number of nitrogens with two attached hydrogens (primary N) is 1. The van der Waals surface area contributed by atoms with Crippen LogP contribution in [0.4, 0.5) is 0 Å². The van der Waals surface area contributed by atoms with Gasteiger partial charge in [-0.3, -0.25) is 9.78 Å². The standard InChI is InChI=1S/C13H14N4O/c14-8-11(10-4-2-1-3-5-10)17-13(18)12-9-15-6-7-16-12/h1-7,9,11H,8,14H2,(H,17,18). The molecule has 0 spiro atoms. The minimum absolute atomic E-state index is 0.222. The van der Waals surface area contributed by atoms with Gasteiger partial charge in [0.15, 0.2) is 0 Å². The normalized spacial score (nSPS) is 11.8. The fourth-order valence-corrected chi connectivity index (χ4v) is 1.61. The number of nitrogens with one attached hydrogen (secondary N) is 1. The molecule has 0 aliphatic carbocycles. The minimum Gasteiger partial charge on any atom is -0.343 e. The second-order valence-corrected chi connectivity index (χ2v) is 3.76. The lowest BCUT2D eigenvalue weighted by Gasteiger charge is -2.16. The Hall–Kier alpha value is -2.27. The highest BCUT2D eigenvalue weighted by Crippen LogP contribution is 2.11. The zero-order valence-electron chi connectivity index (χ0n) is 9.78. The van der Waals surface area contributed by atoms with Gasteiger partial charge in [0.2, 0.25) is 0 Å². The van der Waals surface area contributed by atoms with Gasteiger partial charge in [-0.25, -0.2) is 4.98 Å². The van der Waals surface area contributed by atoms with Crippen molar-refractivity contribution < 1.29 is 4.79 Å². The quantitative estimate of drug-likeness (QED) is 0.835. The lowest BCUT2D eigenvalue weighted by Crippen LogP contribution is -2.33. The zero-order valence-corrected chi connectivity index (χ0v) is 9.78. The van der Waals surface area contributed by atoms with E-state index in [1.165, 1.54) is 18.6 Å². The maximum atomic E-state index is 11.9. The van der Waals surface area contributed by atoms with Crippen LogP contribution in [0, 0.1) is 0 Å². The molecule has 2 rings (SSSR count). The Morgan fingerprint density at radius 3 is 2.67 bits per heavy atom. The summed E-state index contributed by atoms with van der Waals surface area (Å²) in [4.78, 5) is 19.7. The van der Waals surface area contributed by atoms with Crippen LogP contribution in [-0.2, 0) is 0 Å². The van der Waals surface area contributed by atoms with Crippen molar-refractivity contribution in [3.8, 4) is 0 Å². The number of aromatic nitrogens is 2. The molecule has 0 radical (unpaired) electrons. The molecule has 1 amide bonds. The van der Waals surface area contributed by atoms with Crippen LogP contribution in [0.1, 0.15) is 22.1 Å². The van der Waals surface area contributed by atoms with Crippen LogP contribution in [0.15, 0.2) is 48.9 Å². The molecule has 1 atom stereocenters. The van der Waals surface area contributed by atoms with Gasteiger partial charge in [-0.1, -0.05) is 30.3 Å². The Morgan fingerprint density at radius 2 is 2.06 bits per heavy atom. The van der Waals surface area contributed by atoms with Gasteiger partial charge in [0.1, 0.15) is 5.69 Å². The minimum atomic E-state index is -0.276. The number of amides is 1. The molecular formula is C13H14N4O. The smallest absolute Gasteiger partial charge is 0.272 e. The summed E-state index contributed by atoms with van der Waals surface area (Å²) in [6, 6.07) is 9.37. The summed E-state index contributed by atoms with van der Waals surface area (Å²) in [5.41, 5.74) is 6.93. The highest BCUT2D eigenvalue weighted by atomic mass is 16.1. The van der Waals surface area contributed by atoms with Gasteiger partial charge in [0, 0.05) is 18.9 Å². The van der Waals surface area contributed by atoms with Crippen molar-refractivity contribution in [2.75, 3.05) is 6.54 Å². The molecule has 1 aromatic carbocycles. The number of carbonyl (C=O) groups excluding carboxylic acids is 1. The van der Waals surface area contributed by atoms with E-state index in [0.29, 0.717) is 6.54 Å². The molecular weight excluding hydrogens is 228 g/mol. The first-order valence-electron chi connectivity index (χ1n) is 5.63. The molecule has 0 aliphatic heterocycles. The summed E-state index contributed by atoms with van der Waals surface area (Å²) >= 11 is 0. The third kappa shape index (κ3) is 2.89. The second kappa shape index (κ2) is 5.88.